The quantitative estimate of drug-likeness (QED) is 0.444. The lowest BCUT2D eigenvalue weighted by Crippen LogP contribution is -2.42. The molecule has 1 aliphatic carbocycles. The van der Waals surface area contributed by atoms with Crippen LogP contribution in [0.25, 0.3) is 11.1 Å². The van der Waals surface area contributed by atoms with Crippen LogP contribution in [-0.4, -0.2) is 55.5 Å². The van der Waals surface area contributed by atoms with E-state index in [0.29, 0.717) is 6.42 Å². The van der Waals surface area contributed by atoms with Crippen LogP contribution < -0.4 is 10.8 Å². The number of amides is 2. The predicted octanol–water partition coefficient (Wildman–Crippen LogP) is 2.84. The van der Waals surface area contributed by atoms with Gasteiger partial charge < -0.3 is 19.9 Å². The summed E-state index contributed by atoms with van der Waals surface area (Å²) in [7, 11) is 1.33. The first-order valence-electron chi connectivity index (χ1n) is 10.7. The summed E-state index contributed by atoms with van der Waals surface area (Å²) in [6, 6.07) is 15.6. The number of methoxy groups -OCH3 is 1. The van der Waals surface area contributed by atoms with Gasteiger partial charge in [-0.25, -0.2) is 15.1 Å². The van der Waals surface area contributed by atoms with Crippen LogP contribution in [0, 0.1) is 0 Å². The minimum atomic E-state index is -1.32. The Bertz CT molecular complexity index is 949. The molecule has 1 aliphatic rings. The van der Waals surface area contributed by atoms with Crippen molar-refractivity contribution in [1.29, 1.82) is 0 Å². The number of ether oxygens (including phenoxy) is 2. The summed E-state index contributed by atoms with van der Waals surface area (Å²) in [5, 5.41) is 11.7. The number of aliphatic carboxylic acids is 1. The van der Waals surface area contributed by atoms with Gasteiger partial charge in [-0.05, 0) is 28.7 Å². The zero-order valence-electron chi connectivity index (χ0n) is 18.6. The highest BCUT2D eigenvalue weighted by Gasteiger charge is 2.29. The van der Waals surface area contributed by atoms with E-state index in [4.69, 9.17) is 19.4 Å². The summed E-state index contributed by atoms with van der Waals surface area (Å²) in [5.41, 5.74) is 6.59. The van der Waals surface area contributed by atoms with Gasteiger partial charge in [-0.2, -0.15) is 0 Å². The van der Waals surface area contributed by atoms with Crippen molar-refractivity contribution in [1.82, 2.24) is 10.8 Å². The third-order valence-corrected chi connectivity index (χ3v) is 5.50. The van der Waals surface area contributed by atoms with Gasteiger partial charge in [-0.3, -0.25) is 9.63 Å². The molecule has 0 heterocycles. The number of hydrogen-bond acceptors (Lipinski definition) is 6. The largest absolute Gasteiger partial charge is 0.479 e. The van der Waals surface area contributed by atoms with E-state index in [2.05, 4.69) is 22.9 Å². The highest BCUT2D eigenvalue weighted by molar-refractivity contribution is 5.79. The molecule has 0 spiro atoms. The van der Waals surface area contributed by atoms with Gasteiger partial charge in [0.15, 0.2) is 0 Å². The van der Waals surface area contributed by atoms with Crippen LogP contribution in [-0.2, 0) is 23.9 Å². The third-order valence-electron chi connectivity index (χ3n) is 5.50. The lowest BCUT2D eigenvalue weighted by Gasteiger charge is -2.19. The molecule has 0 aliphatic heterocycles. The maximum atomic E-state index is 12.4. The van der Waals surface area contributed by atoms with Gasteiger partial charge in [0.25, 0.3) is 0 Å². The lowest BCUT2D eigenvalue weighted by molar-refractivity contribution is -0.165. The zero-order valence-corrected chi connectivity index (χ0v) is 18.6. The standard InChI is InChI=1S/C24H28N2O7/c1-3-15(12-22(27)26-33-21(14-31-2)23(28)29)25-24(30)32-13-20-18-10-6-4-8-16(18)17-9-5-7-11-19(17)20/h4-11,15,20-21H,3,12-14H2,1-2H3,(H,25,30)(H,26,27)(H,28,29)/t15-,21?/m1/s1. The molecule has 3 N–H and O–H groups in total. The fourth-order valence-electron chi connectivity index (χ4n) is 3.81. The highest BCUT2D eigenvalue weighted by atomic mass is 16.7. The lowest BCUT2D eigenvalue weighted by atomic mass is 9.98. The molecule has 176 valence electrons. The average Bonchev–Trinajstić information content (AvgIpc) is 3.13. The second-order valence-electron chi connectivity index (χ2n) is 7.70. The molecule has 3 rings (SSSR count). The number of rotatable bonds is 11. The molecule has 0 saturated carbocycles. The smallest absolute Gasteiger partial charge is 0.407 e. The van der Waals surface area contributed by atoms with Crippen molar-refractivity contribution in [3.05, 3.63) is 59.7 Å². The number of benzene rings is 2. The average molecular weight is 456 g/mol. The van der Waals surface area contributed by atoms with Gasteiger partial charge in [0.1, 0.15) is 6.61 Å². The summed E-state index contributed by atoms with van der Waals surface area (Å²) in [6.07, 6.45) is -1.58. The molecule has 2 aromatic carbocycles. The minimum Gasteiger partial charge on any atom is -0.479 e. The van der Waals surface area contributed by atoms with Crippen LogP contribution >= 0.6 is 0 Å². The Kier molecular flexibility index (Phi) is 8.39. The zero-order chi connectivity index (χ0) is 23.8. The number of carbonyl (C=O) groups excluding carboxylic acids is 2. The van der Waals surface area contributed by atoms with Crippen LogP contribution in [0.15, 0.2) is 48.5 Å². The Labute approximate surface area is 192 Å². The van der Waals surface area contributed by atoms with E-state index < -0.39 is 30.1 Å². The molecule has 33 heavy (non-hydrogen) atoms. The van der Waals surface area contributed by atoms with Gasteiger partial charge >= 0.3 is 12.1 Å². The SMILES string of the molecule is CC[C@H](CC(=O)NOC(COC)C(=O)O)NC(=O)OCC1c2ccccc2-c2ccccc21. The van der Waals surface area contributed by atoms with Crippen LogP contribution in [0.2, 0.25) is 0 Å². The number of carboxylic acids is 1. The Hall–Kier alpha value is -3.43. The number of carboxylic acid groups (broad SMARTS) is 1. The van der Waals surface area contributed by atoms with E-state index in [1.54, 1.807) is 0 Å². The third kappa shape index (κ3) is 6.09. The first-order chi connectivity index (χ1) is 15.9. The molecule has 2 atom stereocenters. The van der Waals surface area contributed by atoms with Crippen molar-refractivity contribution in [2.45, 2.75) is 37.8 Å². The maximum Gasteiger partial charge on any atom is 0.407 e. The van der Waals surface area contributed by atoms with Crippen LogP contribution in [0.5, 0.6) is 0 Å². The van der Waals surface area contributed by atoms with Gasteiger partial charge in [-0.15, -0.1) is 0 Å². The second-order valence-corrected chi connectivity index (χ2v) is 7.70. The summed E-state index contributed by atoms with van der Waals surface area (Å²) < 4.78 is 10.2. The Balaban J connectivity index is 1.51. The van der Waals surface area contributed by atoms with Crippen molar-refractivity contribution < 1.29 is 33.8 Å². The maximum absolute atomic E-state index is 12.4. The summed E-state index contributed by atoms with van der Waals surface area (Å²) in [4.78, 5) is 40.4. The Morgan fingerprint density at radius 2 is 1.64 bits per heavy atom. The van der Waals surface area contributed by atoms with E-state index in [1.165, 1.54) is 7.11 Å². The first kappa shape index (κ1) is 24.2. The first-order valence-corrected chi connectivity index (χ1v) is 10.7. The normalized spacial score (nSPS) is 14.0. The van der Waals surface area contributed by atoms with E-state index >= 15 is 0 Å². The number of nitrogens with one attached hydrogen (secondary N) is 2. The van der Waals surface area contributed by atoms with Crippen molar-refractivity contribution in [2.24, 2.45) is 0 Å². The molecular formula is C24H28N2O7. The molecule has 1 unspecified atom stereocenters. The van der Waals surface area contributed by atoms with E-state index in [1.807, 2.05) is 43.3 Å². The Morgan fingerprint density at radius 3 is 2.18 bits per heavy atom. The highest BCUT2D eigenvalue weighted by Crippen LogP contribution is 2.44. The van der Waals surface area contributed by atoms with E-state index in [0.717, 1.165) is 22.3 Å². The number of fused-ring (bicyclic) bond motifs is 3. The summed E-state index contributed by atoms with van der Waals surface area (Å²) >= 11 is 0. The number of alkyl carbamates (subject to hydrolysis) is 1. The molecule has 0 radical (unpaired) electrons. The molecule has 2 amide bonds. The van der Waals surface area contributed by atoms with Crippen LogP contribution in [0.3, 0.4) is 0 Å². The molecule has 0 bridgehead atoms. The van der Waals surface area contributed by atoms with E-state index in [9.17, 15) is 14.4 Å². The van der Waals surface area contributed by atoms with Crippen LogP contribution in [0.4, 0.5) is 4.79 Å². The number of carbonyl (C=O) groups is 3. The molecule has 2 aromatic rings. The van der Waals surface area contributed by atoms with Crippen molar-refractivity contribution in [3.8, 4) is 11.1 Å². The number of hydrogen-bond donors (Lipinski definition) is 3. The molecule has 0 saturated heterocycles. The molecule has 0 aromatic heterocycles. The van der Waals surface area contributed by atoms with Gasteiger partial charge in [0.05, 0.1) is 6.61 Å². The molecule has 0 fully saturated rings. The fraction of sp³-hybridized carbons (Fsp3) is 0.375. The Morgan fingerprint density at radius 1 is 1.03 bits per heavy atom. The summed E-state index contributed by atoms with van der Waals surface area (Å²) in [5.74, 6) is -1.89. The predicted molar refractivity (Wildman–Crippen MR) is 119 cm³/mol. The van der Waals surface area contributed by atoms with Crippen molar-refractivity contribution in [3.63, 3.8) is 0 Å². The number of hydroxylamine groups is 1. The van der Waals surface area contributed by atoms with Gasteiger partial charge in [-0.1, -0.05) is 55.5 Å². The second kappa shape index (κ2) is 11.4. The summed E-state index contributed by atoms with van der Waals surface area (Å²) in [6.45, 7) is 1.77. The molecule has 9 heteroatoms. The van der Waals surface area contributed by atoms with Gasteiger partial charge in [0, 0.05) is 25.5 Å². The van der Waals surface area contributed by atoms with E-state index in [-0.39, 0.29) is 25.6 Å². The molecule has 9 nitrogen and oxygen atoms in total. The monoisotopic (exact) mass is 456 g/mol. The molecular weight excluding hydrogens is 428 g/mol. The van der Waals surface area contributed by atoms with Crippen molar-refractivity contribution in [2.75, 3.05) is 20.3 Å². The topological polar surface area (TPSA) is 123 Å². The van der Waals surface area contributed by atoms with Crippen LogP contribution in [0.1, 0.15) is 36.8 Å². The fourth-order valence-corrected chi connectivity index (χ4v) is 3.81. The van der Waals surface area contributed by atoms with Gasteiger partial charge in [0.2, 0.25) is 12.0 Å². The minimum absolute atomic E-state index is 0.0614. The van der Waals surface area contributed by atoms with Crippen molar-refractivity contribution >= 4 is 18.0 Å².